The maximum atomic E-state index is 13.1. The minimum absolute atomic E-state index is 0.503. The zero-order chi connectivity index (χ0) is 17.5. The van der Waals surface area contributed by atoms with Gasteiger partial charge >= 0.3 is 29.9 Å². The lowest BCUT2D eigenvalue weighted by Gasteiger charge is -2.26. The fourth-order valence-corrected chi connectivity index (χ4v) is 1.30. The van der Waals surface area contributed by atoms with E-state index >= 15 is 0 Å². The summed E-state index contributed by atoms with van der Waals surface area (Å²) in [5.74, 6) is -17.6. The Bertz CT molecular complexity index is 608. The zero-order valence-electron chi connectivity index (χ0n) is 10.4. The Balaban J connectivity index is 3.15. The predicted octanol–water partition coefficient (Wildman–Crippen LogP) is 1.89. The van der Waals surface area contributed by atoms with Crippen LogP contribution in [-0.2, 0) is 11.8 Å². The number of halogens is 7. The molecule has 0 saturated carbocycles. The number of aromatic nitrogens is 2. The number of carboxylic acids is 1. The van der Waals surface area contributed by atoms with Crippen LogP contribution in [0.3, 0.4) is 0 Å². The number of anilines is 1. The number of rotatable bonds is 4. The van der Waals surface area contributed by atoms with Crippen molar-refractivity contribution in [3.8, 4) is 0 Å². The highest BCUT2D eigenvalue weighted by Gasteiger charge is 2.76. The van der Waals surface area contributed by atoms with E-state index in [1.54, 1.807) is 0 Å². The Morgan fingerprint density at radius 1 is 1.18 bits per heavy atom. The Labute approximate surface area is 116 Å². The van der Waals surface area contributed by atoms with Crippen LogP contribution in [0.1, 0.15) is 10.5 Å². The molecule has 1 rings (SSSR count). The summed E-state index contributed by atoms with van der Waals surface area (Å²) in [6.07, 6.45) is -6.18. The molecule has 2 N–H and O–H groups in total. The van der Waals surface area contributed by atoms with Gasteiger partial charge in [-0.05, 0) is 0 Å². The molecule has 124 valence electrons. The van der Waals surface area contributed by atoms with E-state index in [1.807, 2.05) is 0 Å². The molecule has 0 fully saturated rings. The summed E-state index contributed by atoms with van der Waals surface area (Å²) in [4.78, 5) is 21.8. The van der Waals surface area contributed by atoms with Crippen LogP contribution in [0.25, 0.3) is 0 Å². The van der Waals surface area contributed by atoms with Crippen molar-refractivity contribution in [1.82, 2.24) is 9.78 Å². The molecule has 0 aliphatic heterocycles. The summed E-state index contributed by atoms with van der Waals surface area (Å²) in [6.45, 7) is 0. The quantitative estimate of drug-likeness (QED) is 0.822. The predicted molar refractivity (Wildman–Crippen MR) is 54.7 cm³/mol. The molecule has 0 spiro atoms. The average molecular weight is 337 g/mol. The number of carbonyl (C=O) groups is 2. The lowest BCUT2D eigenvalue weighted by atomic mass is 10.1. The number of amides is 1. The van der Waals surface area contributed by atoms with Crippen LogP contribution in [-0.4, -0.2) is 44.8 Å². The SMILES string of the molecule is Cn1ncc(NC(=O)C(F)(F)C(F)(F)C(F)(F)F)c1C(=O)O. The van der Waals surface area contributed by atoms with Gasteiger partial charge in [0.1, 0.15) is 0 Å². The minimum Gasteiger partial charge on any atom is -0.476 e. The molecular weight excluding hydrogens is 331 g/mol. The first-order chi connectivity index (χ1) is 9.73. The van der Waals surface area contributed by atoms with Gasteiger partial charge in [0.25, 0.3) is 0 Å². The van der Waals surface area contributed by atoms with Gasteiger partial charge in [0, 0.05) is 7.05 Å². The second-order valence-electron chi connectivity index (χ2n) is 3.94. The second kappa shape index (κ2) is 5.14. The van der Waals surface area contributed by atoms with Crippen LogP contribution < -0.4 is 5.32 Å². The van der Waals surface area contributed by atoms with Crippen molar-refractivity contribution < 1.29 is 45.4 Å². The minimum atomic E-state index is -6.68. The molecule has 0 aromatic carbocycles. The van der Waals surface area contributed by atoms with Crippen LogP contribution in [0.5, 0.6) is 0 Å². The third-order valence-electron chi connectivity index (χ3n) is 2.43. The molecule has 0 radical (unpaired) electrons. The van der Waals surface area contributed by atoms with Gasteiger partial charge in [-0.2, -0.15) is 35.8 Å². The number of carboxylic acid groups (broad SMARTS) is 1. The first kappa shape index (κ1) is 17.7. The van der Waals surface area contributed by atoms with Crippen LogP contribution in [0.15, 0.2) is 6.20 Å². The number of hydrogen-bond donors (Lipinski definition) is 2. The average Bonchev–Trinajstić information content (AvgIpc) is 2.68. The Morgan fingerprint density at radius 3 is 2.09 bits per heavy atom. The van der Waals surface area contributed by atoms with E-state index in [9.17, 15) is 40.3 Å². The first-order valence-electron chi connectivity index (χ1n) is 5.12. The number of nitrogens with one attached hydrogen (secondary N) is 1. The normalized spacial score (nSPS) is 13.1. The monoisotopic (exact) mass is 337 g/mol. The van der Waals surface area contributed by atoms with E-state index in [0.29, 0.717) is 10.9 Å². The van der Waals surface area contributed by atoms with Crippen molar-refractivity contribution in [3.63, 3.8) is 0 Å². The third-order valence-corrected chi connectivity index (χ3v) is 2.43. The molecule has 1 heterocycles. The van der Waals surface area contributed by atoms with Gasteiger partial charge < -0.3 is 10.4 Å². The Kier molecular flexibility index (Phi) is 4.14. The highest BCUT2D eigenvalue weighted by atomic mass is 19.4. The largest absolute Gasteiger partial charge is 0.476 e. The maximum Gasteiger partial charge on any atom is 0.460 e. The van der Waals surface area contributed by atoms with Crippen LogP contribution in [0, 0.1) is 0 Å². The number of aryl methyl sites for hydroxylation is 1. The highest BCUT2D eigenvalue weighted by molar-refractivity contribution is 6.02. The molecule has 22 heavy (non-hydrogen) atoms. The fraction of sp³-hybridized carbons (Fsp3) is 0.444. The van der Waals surface area contributed by atoms with Gasteiger partial charge in [0.15, 0.2) is 5.69 Å². The van der Waals surface area contributed by atoms with Gasteiger partial charge in [0.2, 0.25) is 0 Å². The Morgan fingerprint density at radius 2 is 1.68 bits per heavy atom. The van der Waals surface area contributed by atoms with E-state index in [4.69, 9.17) is 5.11 Å². The molecule has 1 amide bonds. The van der Waals surface area contributed by atoms with E-state index in [0.717, 1.165) is 12.4 Å². The van der Waals surface area contributed by atoms with Gasteiger partial charge in [0.05, 0.1) is 11.9 Å². The van der Waals surface area contributed by atoms with Crippen molar-refractivity contribution in [2.45, 2.75) is 18.0 Å². The number of nitrogens with zero attached hydrogens (tertiary/aromatic N) is 2. The molecule has 1 aromatic heterocycles. The van der Waals surface area contributed by atoms with E-state index in [2.05, 4.69) is 5.10 Å². The molecule has 0 bridgehead atoms. The van der Waals surface area contributed by atoms with Crippen LogP contribution in [0.2, 0.25) is 0 Å². The number of alkyl halides is 7. The molecule has 0 saturated heterocycles. The van der Waals surface area contributed by atoms with Crippen LogP contribution in [0.4, 0.5) is 36.4 Å². The molecular formula is C9H6F7N3O3. The Hall–Kier alpha value is -2.34. The fourth-order valence-electron chi connectivity index (χ4n) is 1.30. The molecule has 0 aliphatic carbocycles. The van der Waals surface area contributed by atoms with Gasteiger partial charge in [-0.1, -0.05) is 0 Å². The lowest BCUT2D eigenvalue weighted by molar-refractivity contribution is -0.343. The number of hydrogen-bond acceptors (Lipinski definition) is 3. The van der Waals surface area contributed by atoms with E-state index < -0.39 is 41.3 Å². The van der Waals surface area contributed by atoms with Gasteiger partial charge in [-0.15, -0.1) is 0 Å². The van der Waals surface area contributed by atoms with Crippen molar-refractivity contribution in [2.24, 2.45) is 7.05 Å². The van der Waals surface area contributed by atoms with Crippen molar-refractivity contribution in [3.05, 3.63) is 11.9 Å². The number of carbonyl (C=O) groups excluding carboxylic acids is 1. The van der Waals surface area contributed by atoms with Crippen LogP contribution >= 0.6 is 0 Å². The summed E-state index contributed by atoms with van der Waals surface area (Å²) < 4.78 is 87.8. The topological polar surface area (TPSA) is 84.2 Å². The summed E-state index contributed by atoms with van der Waals surface area (Å²) in [5, 5.41) is 13.0. The molecule has 0 unspecified atom stereocenters. The zero-order valence-corrected chi connectivity index (χ0v) is 10.4. The summed E-state index contributed by atoms with van der Waals surface area (Å²) in [5.41, 5.74) is -1.85. The van der Waals surface area contributed by atoms with E-state index in [1.165, 1.54) is 0 Å². The summed E-state index contributed by atoms with van der Waals surface area (Å²) in [6, 6.07) is 0. The van der Waals surface area contributed by atoms with Gasteiger partial charge in [-0.25, -0.2) is 4.79 Å². The molecule has 1 aromatic rings. The molecule has 13 heteroatoms. The second-order valence-corrected chi connectivity index (χ2v) is 3.94. The van der Waals surface area contributed by atoms with Crippen molar-refractivity contribution >= 4 is 17.6 Å². The van der Waals surface area contributed by atoms with Gasteiger partial charge in [-0.3, -0.25) is 9.48 Å². The summed E-state index contributed by atoms with van der Waals surface area (Å²) in [7, 11) is 1.02. The maximum absolute atomic E-state index is 13.1. The summed E-state index contributed by atoms with van der Waals surface area (Å²) >= 11 is 0. The first-order valence-corrected chi connectivity index (χ1v) is 5.12. The van der Waals surface area contributed by atoms with Crippen molar-refractivity contribution in [2.75, 3.05) is 5.32 Å². The molecule has 0 atom stereocenters. The van der Waals surface area contributed by atoms with E-state index in [-0.39, 0.29) is 0 Å². The smallest absolute Gasteiger partial charge is 0.460 e. The highest BCUT2D eigenvalue weighted by Crippen LogP contribution is 2.46. The third kappa shape index (κ3) is 2.69. The molecule has 0 aliphatic rings. The molecule has 6 nitrogen and oxygen atoms in total. The standard InChI is InChI=1S/C9H6F7N3O3/c1-19-4(5(20)21)3(2-17-19)18-6(22)7(10,11)8(12,13)9(14,15)16/h2H,1H3,(H,18,22)(H,20,21). The number of aromatic carboxylic acids is 1. The lowest BCUT2D eigenvalue weighted by Crippen LogP contribution is -2.57. The van der Waals surface area contributed by atoms with Crippen molar-refractivity contribution in [1.29, 1.82) is 0 Å².